The lowest BCUT2D eigenvalue weighted by Gasteiger charge is -2.31. The number of nitriles is 1. The highest BCUT2D eigenvalue weighted by Crippen LogP contribution is 2.20. The van der Waals surface area contributed by atoms with E-state index in [0.717, 1.165) is 0 Å². The second-order valence-corrected chi connectivity index (χ2v) is 3.40. The quantitative estimate of drug-likeness (QED) is 0.711. The Morgan fingerprint density at radius 3 is 2.75 bits per heavy atom. The van der Waals surface area contributed by atoms with E-state index in [1.54, 1.807) is 0 Å². The summed E-state index contributed by atoms with van der Waals surface area (Å²) in [5, 5.41) is 8.90. The van der Waals surface area contributed by atoms with E-state index in [-0.39, 0.29) is 24.9 Å². The first-order valence-electron chi connectivity index (χ1n) is 4.77. The first kappa shape index (κ1) is 10.6. The molecule has 1 aromatic carbocycles. The minimum atomic E-state index is -0.647. The number of benzene rings is 1. The van der Waals surface area contributed by atoms with Crippen LogP contribution in [0.25, 0.3) is 0 Å². The molecule has 16 heavy (non-hydrogen) atoms. The molecule has 1 fully saturated rings. The summed E-state index contributed by atoms with van der Waals surface area (Å²) in [6.07, 6.45) is 0. The number of rotatable bonds is 1. The first-order valence-corrected chi connectivity index (χ1v) is 4.77. The topological polar surface area (TPSA) is 53.3 Å². The van der Waals surface area contributed by atoms with Gasteiger partial charge in [0.1, 0.15) is 18.5 Å². The van der Waals surface area contributed by atoms with Crippen LogP contribution in [0.2, 0.25) is 0 Å². The molecule has 1 aromatic rings. The molecule has 0 aliphatic carbocycles. The van der Waals surface area contributed by atoms with E-state index in [4.69, 9.17) is 10.00 Å². The lowest BCUT2D eigenvalue weighted by atomic mass is 10.2. The molecule has 0 radical (unpaired) electrons. The van der Waals surface area contributed by atoms with Crippen molar-refractivity contribution in [2.75, 3.05) is 18.1 Å². The van der Waals surface area contributed by atoms with Gasteiger partial charge in [-0.3, -0.25) is 9.69 Å². The van der Waals surface area contributed by atoms with E-state index < -0.39 is 6.04 Å². The maximum atomic E-state index is 12.7. The van der Waals surface area contributed by atoms with Gasteiger partial charge in [0, 0.05) is 5.69 Å². The highest BCUT2D eigenvalue weighted by atomic mass is 19.1. The van der Waals surface area contributed by atoms with Crippen LogP contribution >= 0.6 is 0 Å². The van der Waals surface area contributed by atoms with Gasteiger partial charge in [0.2, 0.25) is 0 Å². The molecule has 1 atom stereocenters. The van der Waals surface area contributed by atoms with Crippen LogP contribution in [0.5, 0.6) is 0 Å². The van der Waals surface area contributed by atoms with Crippen molar-refractivity contribution in [2.24, 2.45) is 0 Å². The predicted octanol–water partition coefficient (Wildman–Crippen LogP) is 1.08. The normalized spacial score (nSPS) is 20.6. The zero-order valence-electron chi connectivity index (χ0n) is 8.39. The van der Waals surface area contributed by atoms with Crippen molar-refractivity contribution >= 4 is 11.6 Å². The molecule has 0 aromatic heterocycles. The van der Waals surface area contributed by atoms with Gasteiger partial charge in [-0.25, -0.2) is 4.39 Å². The van der Waals surface area contributed by atoms with E-state index >= 15 is 0 Å². The van der Waals surface area contributed by atoms with E-state index in [9.17, 15) is 9.18 Å². The number of morpholine rings is 1. The largest absolute Gasteiger partial charge is 0.368 e. The Bertz CT molecular complexity index is 438. The summed E-state index contributed by atoms with van der Waals surface area (Å²) >= 11 is 0. The number of halogens is 1. The molecule has 0 saturated carbocycles. The number of hydrogen-bond acceptors (Lipinski definition) is 3. The first-order chi connectivity index (χ1) is 7.72. The second kappa shape index (κ2) is 4.29. The molecule has 1 aliphatic rings. The van der Waals surface area contributed by atoms with Crippen LogP contribution in [0.1, 0.15) is 0 Å². The predicted molar refractivity (Wildman–Crippen MR) is 54.1 cm³/mol. The Kier molecular flexibility index (Phi) is 2.84. The minimum absolute atomic E-state index is 0.0461. The summed E-state index contributed by atoms with van der Waals surface area (Å²) in [4.78, 5) is 12.9. The standard InChI is InChI=1S/C11H9FN2O2/c12-8-1-3-9(4-2-8)14-10(5-13)6-16-7-11(14)15/h1-4,10H,6-7H2. The van der Waals surface area contributed by atoms with Gasteiger partial charge in [-0.2, -0.15) is 5.26 Å². The Morgan fingerprint density at radius 1 is 1.44 bits per heavy atom. The summed E-state index contributed by atoms with van der Waals surface area (Å²) in [6, 6.07) is 6.80. The summed E-state index contributed by atoms with van der Waals surface area (Å²) < 4.78 is 17.7. The van der Waals surface area contributed by atoms with E-state index in [2.05, 4.69) is 0 Å². The average Bonchev–Trinajstić information content (AvgIpc) is 2.30. The van der Waals surface area contributed by atoms with Crippen LogP contribution in [0, 0.1) is 17.1 Å². The molecular formula is C11H9FN2O2. The summed E-state index contributed by atoms with van der Waals surface area (Å²) in [6.45, 7) is 0.134. The number of hydrogen-bond donors (Lipinski definition) is 0. The highest BCUT2D eigenvalue weighted by Gasteiger charge is 2.29. The maximum absolute atomic E-state index is 12.7. The molecule has 0 bridgehead atoms. The third kappa shape index (κ3) is 1.88. The smallest absolute Gasteiger partial charge is 0.254 e. The van der Waals surface area contributed by atoms with Crippen LogP contribution in [-0.2, 0) is 9.53 Å². The van der Waals surface area contributed by atoms with Crippen LogP contribution in [0.15, 0.2) is 24.3 Å². The molecule has 0 N–H and O–H groups in total. The van der Waals surface area contributed by atoms with Crippen LogP contribution in [-0.4, -0.2) is 25.2 Å². The third-order valence-electron chi connectivity index (χ3n) is 2.34. The van der Waals surface area contributed by atoms with Gasteiger partial charge in [-0.05, 0) is 24.3 Å². The molecule has 0 spiro atoms. The Morgan fingerprint density at radius 2 is 2.12 bits per heavy atom. The SMILES string of the molecule is N#CC1COCC(=O)N1c1ccc(F)cc1. The molecular weight excluding hydrogens is 211 g/mol. The van der Waals surface area contributed by atoms with Crippen LogP contribution in [0.3, 0.4) is 0 Å². The monoisotopic (exact) mass is 220 g/mol. The third-order valence-corrected chi connectivity index (χ3v) is 2.34. The van der Waals surface area contributed by atoms with Crippen molar-refractivity contribution in [1.82, 2.24) is 0 Å². The molecule has 1 aliphatic heterocycles. The van der Waals surface area contributed by atoms with Gasteiger partial charge >= 0.3 is 0 Å². The Labute approximate surface area is 91.8 Å². The summed E-state index contributed by atoms with van der Waals surface area (Å²) in [5.74, 6) is -0.664. The number of anilines is 1. The lowest BCUT2D eigenvalue weighted by Crippen LogP contribution is -2.49. The number of carbonyl (C=O) groups excluding carboxylic acids is 1. The zero-order valence-corrected chi connectivity index (χ0v) is 8.39. The molecule has 4 nitrogen and oxygen atoms in total. The number of carbonyl (C=O) groups is 1. The molecule has 2 rings (SSSR count). The van der Waals surface area contributed by atoms with Gasteiger partial charge in [0.05, 0.1) is 12.7 Å². The Balaban J connectivity index is 2.32. The fraction of sp³-hybridized carbons (Fsp3) is 0.273. The zero-order chi connectivity index (χ0) is 11.5. The van der Waals surface area contributed by atoms with Crippen molar-refractivity contribution in [3.63, 3.8) is 0 Å². The molecule has 1 amide bonds. The Hall–Kier alpha value is -1.93. The molecule has 1 unspecified atom stereocenters. The number of nitrogens with zero attached hydrogens (tertiary/aromatic N) is 2. The minimum Gasteiger partial charge on any atom is -0.368 e. The van der Waals surface area contributed by atoms with Crippen molar-refractivity contribution in [3.05, 3.63) is 30.1 Å². The summed E-state index contributed by atoms with van der Waals surface area (Å²) in [5.41, 5.74) is 0.515. The van der Waals surface area contributed by atoms with Crippen molar-refractivity contribution in [3.8, 4) is 6.07 Å². The number of ether oxygens (including phenoxy) is 1. The average molecular weight is 220 g/mol. The van der Waals surface area contributed by atoms with E-state index in [1.165, 1.54) is 29.2 Å². The molecule has 1 saturated heterocycles. The van der Waals surface area contributed by atoms with Gasteiger partial charge in [0.15, 0.2) is 0 Å². The number of amides is 1. The van der Waals surface area contributed by atoms with Gasteiger partial charge in [-0.15, -0.1) is 0 Å². The lowest BCUT2D eigenvalue weighted by molar-refractivity contribution is -0.126. The van der Waals surface area contributed by atoms with Gasteiger partial charge < -0.3 is 4.74 Å². The second-order valence-electron chi connectivity index (χ2n) is 3.40. The molecule has 5 heteroatoms. The molecule has 82 valence electrons. The van der Waals surface area contributed by atoms with E-state index in [0.29, 0.717) is 5.69 Å². The van der Waals surface area contributed by atoms with Crippen LogP contribution in [0.4, 0.5) is 10.1 Å². The fourth-order valence-corrected chi connectivity index (χ4v) is 1.60. The van der Waals surface area contributed by atoms with E-state index in [1.807, 2.05) is 6.07 Å². The maximum Gasteiger partial charge on any atom is 0.254 e. The van der Waals surface area contributed by atoms with Gasteiger partial charge in [0.25, 0.3) is 5.91 Å². The summed E-state index contributed by atoms with van der Waals surface area (Å²) in [7, 11) is 0. The van der Waals surface area contributed by atoms with Crippen molar-refractivity contribution in [1.29, 1.82) is 5.26 Å². The van der Waals surface area contributed by atoms with Crippen molar-refractivity contribution < 1.29 is 13.9 Å². The fourth-order valence-electron chi connectivity index (χ4n) is 1.60. The van der Waals surface area contributed by atoms with Crippen LogP contribution < -0.4 is 4.90 Å². The molecule has 1 heterocycles. The van der Waals surface area contributed by atoms with Gasteiger partial charge in [-0.1, -0.05) is 0 Å². The van der Waals surface area contributed by atoms with Crippen molar-refractivity contribution in [2.45, 2.75) is 6.04 Å². The highest BCUT2D eigenvalue weighted by molar-refractivity contribution is 5.96.